The summed E-state index contributed by atoms with van der Waals surface area (Å²) < 4.78 is 26.2. The van der Waals surface area contributed by atoms with E-state index < -0.39 is 10.0 Å². The van der Waals surface area contributed by atoms with Gasteiger partial charge in [-0.05, 0) is 30.3 Å². The standard InChI is InChI=1S/C13H17N5O2S/c14-11-1-3-12(4-2-11)17-7-9-18(10-8-17)21(19,20)13-5-6-15-16-13/h1-6H,7-10,14H2,(H,15,16). The van der Waals surface area contributed by atoms with E-state index >= 15 is 0 Å². The summed E-state index contributed by atoms with van der Waals surface area (Å²) in [6, 6.07) is 9.08. The van der Waals surface area contributed by atoms with Crippen molar-refractivity contribution in [2.24, 2.45) is 0 Å². The number of rotatable bonds is 3. The van der Waals surface area contributed by atoms with Crippen LogP contribution < -0.4 is 10.6 Å². The largest absolute Gasteiger partial charge is 0.399 e. The molecule has 0 unspecified atom stereocenters. The van der Waals surface area contributed by atoms with Gasteiger partial charge in [-0.15, -0.1) is 0 Å². The van der Waals surface area contributed by atoms with E-state index in [9.17, 15) is 8.42 Å². The molecule has 1 aromatic carbocycles. The maximum absolute atomic E-state index is 12.4. The van der Waals surface area contributed by atoms with E-state index in [4.69, 9.17) is 5.73 Å². The monoisotopic (exact) mass is 307 g/mol. The molecule has 1 saturated heterocycles. The maximum atomic E-state index is 12.4. The quantitative estimate of drug-likeness (QED) is 0.805. The van der Waals surface area contributed by atoms with Gasteiger partial charge in [-0.25, -0.2) is 8.42 Å². The van der Waals surface area contributed by atoms with Crippen molar-refractivity contribution in [3.8, 4) is 0 Å². The number of sulfonamides is 1. The van der Waals surface area contributed by atoms with Crippen molar-refractivity contribution in [1.29, 1.82) is 0 Å². The third kappa shape index (κ3) is 2.72. The fourth-order valence-corrected chi connectivity index (χ4v) is 3.72. The number of nitrogens with two attached hydrogens (primary N) is 1. The molecule has 0 amide bonds. The molecule has 1 fully saturated rings. The van der Waals surface area contributed by atoms with Crippen LogP contribution in [0.15, 0.2) is 41.6 Å². The number of hydrogen-bond donors (Lipinski definition) is 2. The molecule has 21 heavy (non-hydrogen) atoms. The van der Waals surface area contributed by atoms with Gasteiger partial charge in [0, 0.05) is 37.6 Å². The molecule has 8 heteroatoms. The zero-order valence-electron chi connectivity index (χ0n) is 11.4. The van der Waals surface area contributed by atoms with Crippen LogP contribution in [-0.2, 0) is 10.0 Å². The normalized spacial score (nSPS) is 17.0. The molecule has 1 aromatic heterocycles. The van der Waals surface area contributed by atoms with Crippen LogP contribution in [0.25, 0.3) is 0 Å². The second-order valence-corrected chi connectivity index (χ2v) is 6.81. The molecule has 2 aromatic rings. The summed E-state index contributed by atoms with van der Waals surface area (Å²) in [7, 11) is -3.46. The third-order valence-corrected chi connectivity index (χ3v) is 5.42. The Kier molecular flexibility index (Phi) is 3.56. The summed E-state index contributed by atoms with van der Waals surface area (Å²) in [5.41, 5.74) is 7.45. The number of nitrogens with one attached hydrogen (secondary N) is 1. The summed E-state index contributed by atoms with van der Waals surface area (Å²) in [6.45, 7) is 2.20. The van der Waals surface area contributed by atoms with Crippen molar-refractivity contribution in [2.45, 2.75) is 5.03 Å². The summed E-state index contributed by atoms with van der Waals surface area (Å²) in [4.78, 5) is 2.15. The molecule has 0 saturated carbocycles. The third-order valence-electron chi connectivity index (χ3n) is 3.59. The number of benzene rings is 1. The minimum atomic E-state index is -3.46. The van der Waals surface area contributed by atoms with Gasteiger partial charge in [0.25, 0.3) is 10.0 Å². The molecular formula is C13H17N5O2S. The topological polar surface area (TPSA) is 95.3 Å². The molecule has 0 aliphatic carbocycles. The number of nitrogens with zero attached hydrogens (tertiary/aromatic N) is 3. The van der Waals surface area contributed by atoms with Crippen molar-refractivity contribution in [2.75, 3.05) is 36.8 Å². The zero-order valence-corrected chi connectivity index (χ0v) is 12.3. The van der Waals surface area contributed by atoms with Crippen molar-refractivity contribution in [1.82, 2.24) is 14.5 Å². The summed E-state index contributed by atoms with van der Waals surface area (Å²) in [6.07, 6.45) is 1.44. The first kappa shape index (κ1) is 13.9. The molecule has 0 spiro atoms. The zero-order chi connectivity index (χ0) is 14.9. The summed E-state index contributed by atoms with van der Waals surface area (Å²) in [5, 5.41) is 6.36. The van der Waals surface area contributed by atoms with Crippen LogP contribution in [-0.4, -0.2) is 49.1 Å². The lowest BCUT2D eigenvalue weighted by atomic mass is 10.2. The molecule has 0 atom stereocenters. The Balaban J connectivity index is 1.69. The van der Waals surface area contributed by atoms with E-state index in [0.717, 1.165) is 11.4 Å². The minimum Gasteiger partial charge on any atom is -0.399 e. The highest BCUT2D eigenvalue weighted by molar-refractivity contribution is 7.89. The first-order valence-corrected chi connectivity index (χ1v) is 8.11. The second kappa shape index (κ2) is 5.38. The van der Waals surface area contributed by atoms with E-state index in [1.165, 1.54) is 16.6 Å². The van der Waals surface area contributed by atoms with Crippen molar-refractivity contribution in [3.05, 3.63) is 36.5 Å². The predicted molar refractivity (Wildman–Crippen MR) is 80.4 cm³/mol. The van der Waals surface area contributed by atoms with Gasteiger partial charge in [-0.1, -0.05) is 0 Å². The lowest BCUT2D eigenvalue weighted by molar-refractivity contribution is 0.383. The van der Waals surface area contributed by atoms with E-state index in [1.807, 2.05) is 24.3 Å². The Labute approximate surface area is 123 Å². The molecule has 1 aliphatic heterocycles. The first-order chi connectivity index (χ1) is 10.1. The van der Waals surface area contributed by atoms with Gasteiger partial charge in [0.1, 0.15) is 0 Å². The minimum absolute atomic E-state index is 0.142. The van der Waals surface area contributed by atoms with Gasteiger partial charge in [0.2, 0.25) is 0 Å². The van der Waals surface area contributed by atoms with Gasteiger partial charge in [0.05, 0.1) is 6.20 Å². The van der Waals surface area contributed by atoms with Gasteiger partial charge >= 0.3 is 0 Å². The van der Waals surface area contributed by atoms with Crippen molar-refractivity contribution < 1.29 is 8.42 Å². The number of aromatic nitrogens is 2. The SMILES string of the molecule is Nc1ccc(N2CCN(S(=O)(=O)c3ccn[nH]3)CC2)cc1. The number of aromatic amines is 1. The predicted octanol–water partition coefficient (Wildman–Crippen LogP) is 0.503. The van der Waals surface area contributed by atoms with Gasteiger partial charge in [0.15, 0.2) is 5.03 Å². The van der Waals surface area contributed by atoms with E-state index in [2.05, 4.69) is 15.1 Å². The van der Waals surface area contributed by atoms with Gasteiger partial charge in [-0.2, -0.15) is 9.40 Å². The van der Waals surface area contributed by atoms with Crippen LogP contribution >= 0.6 is 0 Å². The summed E-state index contributed by atoms with van der Waals surface area (Å²) >= 11 is 0. The van der Waals surface area contributed by atoms with Crippen LogP contribution in [0.2, 0.25) is 0 Å². The van der Waals surface area contributed by atoms with Crippen LogP contribution in [0.1, 0.15) is 0 Å². The fraction of sp³-hybridized carbons (Fsp3) is 0.308. The van der Waals surface area contributed by atoms with Crippen LogP contribution in [0, 0.1) is 0 Å². The van der Waals surface area contributed by atoms with E-state index in [-0.39, 0.29) is 5.03 Å². The Hall–Kier alpha value is -2.06. The highest BCUT2D eigenvalue weighted by atomic mass is 32.2. The molecule has 3 N–H and O–H groups in total. The highest BCUT2D eigenvalue weighted by Gasteiger charge is 2.29. The lowest BCUT2D eigenvalue weighted by Gasteiger charge is -2.35. The van der Waals surface area contributed by atoms with Gasteiger partial charge < -0.3 is 10.6 Å². The highest BCUT2D eigenvalue weighted by Crippen LogP contribution is 2.20. The van der Waals surface area contributed by atoms with Crippen molar-refractivity contribution in [3.63, 3.8) is 0 Å². The van der Waals surface area contributed by atoms with Crippen LogP contribution in [0.3, 0.4) is 0 Å². The van der Waals surface area contributed by atoms with Crippen molar-refractivity contribution >= 4 is 21.4 Å². The molecular weight excluding hydrogens is 290 g/mol. The van der Waals surface area contributed by atoms with Crippen LogP contribution in [0.4, 0.5) is 11.4 Å². The first-order valence-electron chi connectivity index (χ1n) is 6.67. The number of H-pyrrole nitrogens is 1. The van der Waals surface area contributed by atoms with E-state index in [0.29, 0.717) is 26.2 Å². The number of anilines is 2. The number of hydrogen-bond acceptors (Lipinski definition) is 5. The second-order valence-electron chi connectivity index (χ2n) is 4.90. The average molecular weight is 307 g/mol. The fourth-order valence-electron chi connectivity index (χ4n) is 2.40. The average Bonchev–Trinajstić information content (AvgIpc) is 3.03. The molecule has 1 aliphatic rings. The number of nitrogen functional groups attached to an aromatic ring is 1. The maximum Gasteiger partial charge on any atom is 0.260 e. The molecule has 112 valence electrons. The number of piperazine rings is 1. The smallest absolute Gasteiger partial charge is 0.260 e. The Bertz CT molecular complexity index is 689. The Morgan fingerprint density at radius 1 is 1.05 bits per heavy atom. The lowest BCUT2D eigenvalue weighted by Crippen LogP contribution is -2.48. The molecule has 2 heterocycles. The summed E-state index contributed by atoms with van der Waals surface area (Å²) in [5.74, 6) is 0. The van der Waals surface area contributed by atoms with Gasteiger partial charge in [-0.3, -0.25) is 5.10 Å². The molecule has 0 bridgehead atoms. The Morgan fingerprint density at radius 2 is 1.71 bits per heavy atom. The molecule has 0 radical (unpaired) electrons. The van der Waals surface area contributed by atoms with E-state index in [1.54, 1.807) is 0 Å². The van der Waals surface area contributed by atoms with Crippen LogP contribution in [0.5, 0.6) is 0 Å². The molecule has 3 rings (SSSR count). The molecule has 7 nitrogen and oxygen atoms in total. The Morgan fingerprint density at radius 3 is 2.29 bits per heavy atom.